The molecule has 8 nitrogen and oxygen atoms in total. The number of pyridine rings is 1. The number of hydrogen-bond donors (Lipinski definition) is 2. The van der Waals surface area contributed by atoms with E-state index >= 15 is 0 Å². The summed E-state index contributed by atoms with van der Waals surface area (Å²) in [6.45, 7) is 0.198. The van der Waals surface area contributed by atoms with Gasteiger partial charge in [0.05, 0.1) is 5.69 Å². The van der Waals surface area contributed by atoms with Gasteiger partial charge in [0.1, 0.15) is 16.2 Å². The fourth-order valence-electron chi connectivity index (χ4n) is 1.56. The van der Waals surface area contributed by atoms with Gasteiger partial charge >= 0.3 is 0 Å². The van der Waals surface area contributed by atoms with E-state index in [1.165, 1.54) is 18.3 Å². The molecule has 0 atom stereocenters. The van der Waals surface area contributed by atoms with Crippen molar-refractivity contribution in [3.05, 3.63) is 36.2 Å². The van der Waals surface area contributed by atoms with E-state index in [0.29, 0.717) is 17.9 Å². The molecule has 0 bridgehead atoms. The second-order valence-electron chi connectivity index (χ2n) is 4.23. The standard InChI is InChI=1S/C11H14N6O2S2/c1-17-7-14-10(16-17)4-5-15-21(18,19)8-2-3-9(11(12)20)13-6-8/h2-3,6-7,15H,4-5H2,1H3,(H2,12,20). The Morgan fingerprint density at radius 2 is 2.19 bits per heavy atom. The lowest BCUT2D eigenvalue weighted by atomic mass is 10.3. The summed E-state index contributed by atoms with van der Waals surface area (Å²) >= 11 is 4.76. The molecule has 0 aliphatic heterocycles. The monoisotopic (exact) mass is 326 g/mol. The number of aromatic nitrogens is 4. The maximum absolute atomic E-state index is 12.0. The van der Waals surface area contributed by atoms with E-state index < -0.39 is 10.0 Å². The first kappa shape index (κ1) is 15.5. The Labute approximate surface area is 127 Å². The Bertz CT molecular complexity index is 738. The second-order valence-corrected chi connectivity index (χ2v) is 6.43. The highest BCUT2D eigenvalue weighted by atomic mass is 32.2. The van der Waals surface area contributed by atoms with Crippen LogP contribution in [0.4, 0.5) is 0 Å². The van der Waals surface area contributed by atoms with E-state index in [4.69, 9.17) is 18.0 Å². The van der Waals surface area contributed by atoms with Crippen molar-refractivity contribution in [2.45, 2.75) is 11.3 Å². The minimum absolute atomic E-state index is 0.0523. The van der Waals surface area contributed by atoms with Crippen LogP contribution in [-0.4, -0.2) is 39.7 Å². The highest BCUT2D eigenvalue weighted by molar-refractivity contribution is 7.89. The van der Waals surface area contributed by atoms with E-state index in [2.05, 4.69) is 19.8 Å². The number of rotatable bonds is 6. The van der Waals surface area contributed by atoms with E-state index in [9.17, 15) is 8.42 Å². The Balaban J connectivity index is 1.99. The molecule has 2 aromatic heterocycles. The minimum Gasteiger partial charge on any atom is -0.388 e. The maximum atomic E-state index is 12.0. The van der Waals surface area contributed by atoms with Crippen LogP contribution in [0.1, 0.15) is 11.5 Å². The Morgan fingerprint density at radius 1 is 1.43 bits per heavy atom. The molecular weight excluding hydrogens is 312 g/mol. The van der Waals surface area contributed by atoms with Crippen molar-refractivity contribution < 1.29 is 8.42 Å². The lowest BCUT2D eigenvalue weighted by Crippen LogP contribution is -2.26. The Morgan fingerprint density at radius 3 is 2.71 bits per heavy atom. The summed E-state index contributed by atoms with van der Waals surface area (Å²) in [6, 6.07) is 2.88. The van der Waals surface area contributed by atoms with Gasteiger partial charge in [0, 0.05) is 26.2 Å². The molecule has 0 spiro atoms. The van der Waals surface area contributed by atoms with Crippen LogP contribution in [0.5, 0.6) is 0 Å². The fourth-order valence-corrected chi connectivity index (χ4v) is 2.66. The molecule has 0 saturated carbocycles. The van der Waals surface area contributed by atoms with Crippen molar-refractivity contribution >= 4 is 27.2 Å². The molecule has 3 N–H and O–H groups in total. The molecule has 0 unspecified atom stereocenters. The van der Waals surface area contributed by atoms with Crippen LogP contribution >= 0.6 is 12.2 Å². The third kappa shape index (κ3) is 4.03. The quantitative estimate of drug-likeness (QED) is 0.679. The van der Waals surface area contributed by atoms with Crippen LogP contribution in [0.15, 0.2) is 29.6 Å². The summed E-state index contributed by atoms with van der Waals surface area (Å²) in [4.78, 5) is 8.09. The zero-order valence-corrected chi connectivity index (χ0v) is 12.9. The summed E-state index contributed by atoms with van der Waals surface area (Å²) in [5, 5.41) is 4.06. The number of aryl methyl sites for hydroxylation is 1. The van der Waals surface area contributed by atoms with Crippen molar-refractivity contribution in [3.63, 3.8) is 0 Å². The molecule has 2 rings (SSSR count). The topological polar surface area (TPSA) is 116 Å². The fraction of sp³-hybridized carbons (Fsp3) is 0.273. The molecular formula is C11H14N6O2S2. The smallest absolute Gasteiger partial charge is 0.242 e. The van der Waals surface area contributed by atoms with Gasteiger partial charge in [-0.15, -0.1) is 0 Å². The molecule has 21 heavy (non-hydrogen) atoms. The Hall–Kier alpha value is -1.91. The highest BCUT2D eigenvalue weighted by Gasteiger charge is 2.14. The molecule has 10 heteroatoms. The summed E-state index contributed by atoms with van der Waals surface area (Å²) in [5.74, 6) is 0.571. The van der Waals surface area contributed by atoms with Crippen molar-refractivity contribution in [3.8, 4) is 0 Å². The van der Waals surface area contributed by atoms with E-state index in [0.717, 1.165) is 0 Å². The Kier molecular flexibility index (Phi) is 4.60. The van der Waals surface area contributed by atoms with Gasteiger partial charge in [-0.25, -0.2) is 18.1 Å². The minimum atomic E-state index is -3.63. The lowest BCUT2D eigenvalue weighted by molar-refractivity contribution is 0.580. The van der Waals surface area contributed by atoms with Crippen molar-refractivity contribution in [2.24, 2.45) is 12.8 Å². The number of hydrogen-bond acceptors (Lipinski definition) is 6. The number of sulfonamides is 1. The summed E-state index contributed by atoms with van der Waals surface area (Å²) in [7, 11) is -1.88. The second kappa shape index (κ2) is 6.24. The van der Waals surface area contributed by atoms with Crippen LogP contribution in [0.3, 0.4) is 0 Å². The van der Waals surface area contributed by atoms with Gasteiger partial charge in [0.25, 0.3) is 0 Å². The van der Waals surface area contributed by atoms with Gasteiger partial charge in [-0.2, -0.15) is 5.10 Å². The van der Waals surface area contributed by atoms with Crippen molar-refractivity contribution in [1.29, 1.82) is 0 Å². The zero-order chi connectivity index (χ0) is 15.5. The average molecular weight is 326 g/mol. The van der Waals surface area contributed by atoms with Gasteiger partial charge in [0.15, 0.2) is 5.82 Å². The van der Waals surface area contributed by atoms with Crippen molar-refractivity contribution in [2.75, 3.05) is 6.54 Å². The number of nitrogens with two attached hydrogens (primary N) is 1. The lowest BCUT2D eigenvalue weighted by Gasteiger charge is -2.06. The third-order valence-corrected chi connectivity index (χ3v) is 4.24. The van der Waals surface area contributed by atoms with Crippen LogP contribution in [0, 0.1) is 0 Å². The molecule has 2 heterocycles. The third-order valence-electron chi connectivity index (χ3n) is 2.59. The van der Waals surface area contributed by atoms with Crippen LogP contribution < -0.4 is 10.5 Å². The van der Waals surface area contributed by atoms with Gasteiger partial charge in [-0.3, -0.25) is 9.67 Å². The molecule has 0 aliphatic rings. The summed E-state index contributed by atoms with van der Waals surface area (Å²) in [5.41, 5.74) is 5.78. The molecule has 0 aliphatic carbocycles. The van der Waals surface area contributed by atoms with Crippen LogP contribution in [0.2, 0.25) is 0 Å². The SMILES string of the molecule is Cn1cnc(CCNS(=O)(=O)c2ccc(C(N)=S)nc2)n1. The maximum Gasteiger partial charge on any atom is 0.242 e. The zero-order valence-electron chi connectivity index (χ0n) is 11.2. The molecule has 0 amide bonds. The molecule has 0 fully saturated rings. The van der Waals surface area contributed by atoms with Crippen molar-refractivity contribution in [1.82, 2.24) is 24.5 Å². The van der Waals surface area contributed by atoms with Gasteiger partial charge in [0.2, 0.25) is 10.0 Å². The predicted octanol–water partition coefficient (Wildman–Crippen LogP) is -0.635. The van der Waals surface area contributed by atoms with E-state index in [-0.39, 0.29) is 16.4 Å². The molecule has 2 aromatic rings. The number of thiocarbonyl (C=S) groups is 1. The first-order valence-electron chi connectivity index (χ1n) is 5.98. The first-order chi connectivity index (χ1) is 9.88. The average Bonchev–Trinajstić information content (AvgIpc) is 2.84. The summed E-state index contributed by atoms with van der Waals surface area (Å²) < 4.78 is 28.1. The van der Waals surface area contributed by atoms with Crippen LogP contribution in [-0.2, 0) is 23.5 Å². The molecule has 112 valence electrons. The largest absolute Gasteiger partial charge is 0.388 e. The predicted molar refractivity (Wildman–Crippen MR) is 80.0 cm³/mol. The molecule has 0 saturated heterocycles. The number of nitrogens with one attached hydrogen (secondary N) is 1. The summed E-state index contributed by atoms with van der Waals surface area (Å²) in [6.07, 6.45) is 3.18. The molecule has 0 aromatic carbocycles. The normalized spacial score (nSPS) is 11.5. The highest BCUT2D eigenvalue weighted by Crippen LogP contribution is 2.07. The van der Waals surface area contributed by atoms with Crippen LogP contribution in [0.25, 0.3) is 0 Å². The van der Waals surface area contributed by atoms with E-state index in [1.54, 1.807) is 18.1 Å². The first-order valence-corrected chi connectivity index (χ1v) is 7.87. The van der Waals surface area contributed by atoms with Gasteiger partial charge in [-0.05, 0) is 12.1 Å². The van der Waals surface area contributed by atoms with Gasteiger partial charge < -0.3 is 5.73 Å². The van der Waals surface area contributed by atoms with Gasteiger partial charge in [-0.1, -0.05) is 12.2 Å². The number of nitrogens with zero attached hydrogens (tertiary/aromatic N) is 4. The molecule has 0 radical (unpaired) electrons. The van der Waals surface area contributed by atoms with E-state index in [1.807, 2.05) is 0 Å².